The van der Waals surface area contributed by atoms with Gasteiger partial charge in [-0.05, 0) is 30.9 Å². The van der Waals surface area contributed by atoms with Crippen molar-refractivity contribution in [1.29, 1.82) is 0 Å². The van der Waals surface area contributed by atoms with Crippen molar-refractivity contribution >= 4 is 11.5 Å². The molecule has 1 heterocycles. The highest BCUT2D eigenvalue weighted by molar-refractivity contribution is 5.44. The van der Waals surface area contributed by atoms with Crippen LogP contribution in [0.4, 0.5) is 11.5 Å². The molecule has 3 heteroatoms. The van der Waals surface area contributed by atoms with Crippen LogP contribution in [0.2, 0.25) is 0 Å². The Morgan fingerprint density at radius 1 is 1.40 bits per heavy atom. The van der Waals surface area contributed by atoms with Crippen LogP contribution in [0.5, 0.6) is 0 Å². The fourth-order valence-corrected chi connectivity index (χ4v) is 2.27. The van der Waals surface area contributed by atoms with Crippen LogP contribution in [0, 0.1) is 5.92 Å². The van der Waals surface area contributed by atoms with Crippen LogP contribution >= 0.6 is 0 Å². The Balaban J connectivity index is 1.93. The van der Waals surface area contributed by atoms with Crippen molar-refractivity contribution in [3.8, 4) is 0 Å². The molecule has 2 unspecified atom stereocenters. The van der Waals surface area contributed by atoms with Gasteiger partial charge in [0.25, 0.3) is 0 Å². The van der Waals surface area contributed by atoms with Crippen LogP contribution in [0.3, 0.4) is 0 Å². The summed E-state index contributed by atoms with van der Waals surface area (Å²) < 4.78 is 0. The minimum atomic E-state index is 0.588. The predicted molar refractivity (Wildman–Crippen MR) is 63.7 cm³/mol. The zero-order chi connectivity index (χ0) is 10.7. The summed E-state index contributed by atoms with van der Waals surface area (Å²) in [5.41, 5.74) is 6.31. The molecule has 0 radical (unpaired) electrons. The minimum Gasteiger partial charge on any atom is -0.397 e. The molecule has 0 spiro atoms. The smallest absolute Gasteiger partial charge is 0.126 e. The molecule has 0 amide bonds. The molecule has 3 nitrogen and oxygen atoms in total. The van der Waals surface area contributed by atoms with E-state index in [4.69, 9.17) is 5.73 Å². The molecule has 0 aromatic carbocycles. The molecule has 2 rings (SSSR count). The van der Waals surface area contributed by atoms with Crippen LogP contribution in [0.15, 0.2) is 18.3 Å². The third kappa shape index (κ3) is 2.85. The standard InChI is InChI=1S/C12H19N3/c1-9-3-2-4-11(7-9)15-12-6-5-10(13)8-14-12/h5-6,8-9,11H,2-4,7,13H2,1H3,(H,14,15). The van der Waals surface area contributed by atoms with Gasteiger partial charge in [-0.25, -0.2) is 4.98 Å². The lowest BCUT2D eigenvalue weighted by atomic mass is 9.87. The van der Waals surface area contributed by atoms with Crippen LogP contribution < -0.4 is 11.1 Å². The van der Waals surface area contributed by atoms with E-state index in [0.717, 1.165) is 17.4 Å². The maximum Gasteiger partial charge on any atom is 0.126 e. The summed E-state index contributed by atoms with van der Waals surface area (Å²) in [6, 6.07) is 4.43. The Morgan fingerprint density at radius 3 is 2.93 bits per heavy atom. The second-order valence-electron chi connectivity index (χ2n) is 4.59. The maximum absolute atomic E-state index is 5.59. The Morgan fingerprint density at radius 2 is 2.27 bits per heavy atom. The third-order valence-corrected chi connectivity index (χ3v) is 3.07. The number of hydrogen-bond acceptors (Lipinski definition) is 3. The summed E-state index contributed by atoms with van der Waals surface area (Å²) in [7, 11) is 0. The van der Waals surface area contributed by atoms with E-state index in [1.165, 1.54) is 25.7 Å². The number of hydrogen-bond donors (Lipinski definition) is 2. The predicted octanol–water partition coefficient (Wildman–Crippen LogP) is 2.65. The normalized spacial score (nSPS) is 26.2. The Labute approximate surface area is 91.1 Å². The van der Waals surface area contributed by atoms with E-state index < -0.39 is 0 Å². The quantitative estimate of drug-likeness (QED) is 0.780. The first kappa shape index (κ1) is 10.3. The average molecular weight is 205 g/mol. The van der Waals surface area contributed by atoms with Crippen LogP contribution in [0.25, 0.3) is 0 Å². The highest BCUT2D eigenvalue weighted by atomic mass is 15.0. The number of nitrogens with zero attached hydrogens (tertiary/aromatic N) is 1. The number of rotatable bonds is 2. The topological polar surface area (TPSA) is 50.9 Å². The van der Waals surface area contributed by atoms with Gasteiger partial charge in [0.1, 0.15) is 5.82 Å². The van der Waals surface area contributed by atoms with Gasteiger partial charge in [0.2, 0.25) is 0 Å². The zero-order valence-corrected chi connectivity index (χ0v) is 9.24. The van der Waals surface area contributed by atoms with Crippen LogP contribution in [-0.4, -0.2) is 11.0 Å². The highest BCUT2D eigenvalue weighted by Crippen LogP contribution is 2.25. The lowest BCUT2D eigenvalue weighted by Crippen LogP contribution is -2.26. The molecule has 1 aromatic heterocycles. The zero-order valence-electron chi connectivity index (χ0n) is 9.24. The summed E-state index contributed by atoms with van der Waals surface area (Å²) in [5, 5.41) is 3.47. The molecular formula is C12H19N3. The molecule has 1 aliphatic carbocycles. The van der Waals surface area contributed by atoms with E-state index >= 15 is 0 Å². The van der Waals surface area contributed by atoms with Crippen molar-refractivity contribution in [1.82, 2.24) is 4.98 Å². The Hall–Kier alpha value is -1.25. The van der Waals surface area contributed by atoms with Crippen molar-refractivity contribution in [2.45, 2.75) is 38.6 Å². The molecule has 15 heavy (non-hydrogen) atoms. The van der Waals surface area contributed by atoms with E-state index in [0.29, 0.717) is 6.04 Å². The van der Waals surface area contributed by atoms with E-state index in [-0.39, 0.29) is 0 Å². The van der Waals surface area contributed by atoms with Crippen LogP contribution in [-0.2, 0) is 0 Å². The molecule has 0 saturated heterocycles. The second kappa shape index (κ2) is 4.51. The molecule has 0 bridgehead atoms. The molecule has 3 N–H and O–H groups in total. The molecular weight excluding hydrogens is 186 g/mol. The average Bonchev–Trinajstić information content (AvgIpc) is 2.22. The monoisotopic (exact) mass is 205 g/mol. The lowest BCUT2D eigenvalue weighted by Gasteiger charge is -2.27. The van der Waals surface area contributed by atoms with Gasteiger partial charge >= 0.3 is 0 Å². The van der Waals surface area contributed by atoms with Crippen LogP contribution in [0.1, 0.15) is 32.6 Å². The lowest BCUT2D eigenvalue weighted by molar-refractivity contribution is 0.358. The minimum absolute atomic E-state index is 0.588. The Kier molecular flexibility index (Phi) is 3.09. The number of nitrogens with one attached hydrogen (secondary N) is 1. The molecule has 1 aromatic rings. The first-order valence-electron chi connectivity index (χ1n) is 5.72. The summed E-state index contributed by atoms with van der Waals surface area (Å²) in [4.78, 5) is 4.26. The number of nitrogens with two attached hydrogens (primary N) is 1. The van der Waals surface area contributed by atoms with Gasteiger partial charge in [-0.3, -0.25) is 0 Å². The van der Waals surface area contributed by atoms with E-state index in [9.17, 15) is 0 Å². The first-order chi connectivity index (χ1) is 7.24. The fraction of sp³-hybridized carbons (Fsp3) is 0.583. The van der Waals surface area contributed by atoms with Crippen molar-refractivity contribution in [2.75, 3.05) is 11.1 Å². The fourth-order valence-electron chi connectivity index (χ4n) is 2.27. The molecule has 1 aliphatic rings. The van der Waals surface area contributed by atoms with Crippen molar-refractivity contribution in [3.63, 3.8) is 0 Å². The molecule has 1 fully saturated rings. The van der Waals surface area contributed by atoms with Gasteiger partial charge in [0, 0.05) is 6.04 Å². The van der Waals surface area contributed by atoms with Crippen molar-refractivity contribution in [3.05, 3.63) is 18.3 Å². The summed E-state index contributed by atoms with van der Waals surface area (Å²) in [6.45, 7) is 2.32. The third-order valence-electron chi connectivity index (χ3n) is 3.07. The first-order valence-corrected chi connectivity index (χ1v) is 5.72. The van der Waals surface area contributed by atoms with Gasteiger partial charge in [-0.1, -0.05) is 19.8 Å². The highest BCUT2D eigenvalue weighted by Gasteiger charge is 2.18. The van der Waals surface area contributed by atoms with Gasteiger partial charge in [-0.15, -0.1) is 0 Å². The number of aromatic nitrogens is 1. The van der Waals surface area contributed by atoms with E-state index in [1.54, 1.807) is 6.20 Å². The second-order valence-corrected chi connectivity index (χ2v) is 4.59. The largest absolute Gasteiger partial charge is 0.397 e. The summed E-state index contributed by atoms with van der Waals surface area (Å²) in [6.07, 6.45) is 6.91. The molecule has 2 atom stereocenters. The number of nitrogen functional groups attached to an aromatic ring is 1. The van der Waals surface area contributed by atoms with Gasteiger partial charge < -0.3 is 11.1 Å². The summed E-state index contributed by atoms with van der Waals surface area (Å²) >= 11 is 0. The van der Waals surface area contributed by atoms with Gasteiger partial charge in [-0.2, -0.15) is 0 Å². The van der Waals surface area contributed by atoms with Crippen molar-refractivity contribution in [2.24, 2.45) is 5.92 Å². The number of anilines is 2. The van der Waals surface area contributed by atoms with Crippen molar-refractivity contribution < 1.29 is 0 Å². The van der Waals surface area contributed by atoms with Gasteiger partial charge in [0.05, 0.1) is 11.9 Å². The van der Waals surface area contributed by atoms with E-state index in [1.807, 2.05) is 12.1 Å². The Bertz CT molecular complexity index is 307. The molecule has 1 saturated carbocycles. The maximum atomic E-state index is 5.59. The molecule has 0 aliphatic heterocycles. The number of pyridine rings is 1. The summed E-state index contributed by atoms with van der Waals surface area (Å²) in [5.74, 6) is 1.79. The van der Waals surface area contributed by atoms with E-state index in [2.05, 4.69) is 17.2 Å². The SMILES string of the molecule is CC1CCCC(Nc2ccc(N)cn2)C1. The molecule has 82 valence electrons. The van der Waals surface area contributed by atoms with Gasteiger partial charge in [0.15, 0.2) is 0 Å².